The Kier molecular flexibility index (Phi) is 4.07. The van der Waals surface area contributed by atoms with Crippen LogP contribution >= 0.6 is 0 Å². The second-order valence-electron chi connectivity index (χ2n) is 3.54. The molecule has 0 aliphatic carbocycles. The predicted octanol–water partition coefficient (Wildman–Crippen LogP) is 0.720. The van der Waals surface area contributed by atoms with E-state index in [9.17, 15) is 18.0 Å². The Morgan fingerprint density at radius 1 is 1.33 bits per heavy atom. The van der Waals surface area contributed by atoms with Gasteiger partial charge in [-0.3, -0.25) is 4.79 Å². The minimum Gasteiger partial charge on any atom is -0.478 e. The van der Waals surface area contributed by atoms with Crippen LogP contribution in [0.5, 0.6) is 0 Å². The second-order valence-corrected chi connectivity index (χ2v) is 5.81. The minimum atomic E-state index is -3.94. The Bertz CT molecular complexity index is 575. The zero-order chi connectivity index (χ0) is 13.9. The van der Waals surface area contributed by atoms with E-state index in [-0.39, 0.29) is 10.5 Å². The normalized spacial score (nSPS) is 12.8. The van der Waals surface area contributed by atoms with Gasteiger partial charge in [-0.05, 0) is 25.1 Å². The highest BCUT2D eigenvalue weighted by atomic mass is 32.2. The van der Waals surface area contributed by atoms with Crippen LogP contribution in [0.25, 0.3) is 0 Å². The molecule has 0 aromatic heterocycles. The standard InChI is InChI=1S/C11H12O6S/c1-7(11(14)17-2)18(15,16)9-5-3-4-8(6-9)10(12)13/h3-7H,1-2H3,(H,12,13). The molecule has 0 radical (unpaired) electrons. The number of carbonyl (C=O) groups is 2. The summed E-state index contributed by atoms with van der Waals surface area (Å²) in [7, 11) is -2.86. The number of benzene rings is 1. The third kappa shape index (κ3) is 2.67. The molecule has 98 valence electrons. The van der Waals surface area contributed by atoms with Crippen LogP contribution in [0.2, 0.25) is 0 Å². The number of ether oxygens (including phenoxy) is 1. The van der Waals surface area contributed by atoms with Gasteiger partial charge in [0.25, 0.3) is 0 Å². The molecule has 0 fully saturated rings. The fourth-order valence-corrected chi connectivity index (χ4v) is 2.62. The van der Waals surface area contributed by atoms with Crippen molar-refractivity contribution >= 4 is 21.8 Å². The quantitative estimate of drug-likeness (QED) is 0.811. The number of carboxylic acids is 1. The third-order valence-corrected chi connectivity index (χ3v) is 4.44. The van der Waals surface area contributed by atoms with Crippen LogP contribution in [0.3, 0.4) is 0 Å². The van der Waals surface area contributed by atoms with Crippen LogP contribution in [0.1, 0.15) is 17.3 Å². The lowest BCUT2D eigenvalue weighted by Crippen LogP contribution is -2.28. The number of rotatable bonds is 4. The molecule has 0 aliphatic rings. The molecule has 0 saturated heterocycles. The average molecular weight is 272 g/mol. The van der Waals surface area contributed by atoms with E-state index in [0.29, 0.717) is 0 Å². The third-order valence-electron chi connectivity index (χ3n) is 2.41. The Labute approximate surface area is 104 Å². The van der Waals surface area contributed by atoms with Crippen molar-refractivity contribution in [3.05, 3.63) is 29.8 Å². The number of aromatic carboxylic acids is 1. The lowest BCUT2D eigenvalue weighted by atomic mass is 10.2. The Hall–Kier alpha value is -1.89. The molecule has 1 aromatic carbocycles. The first-order valence-electron chi connectivity index (χ1n) is 4.95. The maximum absolute atomic E-state index is 12.0. The van der Waals surface area contributed by atoms with E-state index < -0.39 is 27.0 Å². The molecule has 0 bridgehead atoms. The van der Waals surface area contributed by atoms with Gasteiger partial charge in [0, 0.05) is 0 Å². The predicted molar refractivity (Wildman–Crippen MR) is 62.1 cm³/mol. The van der Waals surface area contributed by atoms with Gasteiger partial charge >= 0.3 is 11.9 Å². The van der Waals surface area contributed by atoms with Gasteiger partial charge in [-0.2, -0.15) is 0 Å². The summed E-state index contributed by atoms with van der Waals surface area (Å²) in [6.45, 7) is 1.19. The SMILES string of the molecule is COC(=O)C(C)S(=O)(=O)c1cccc(C(=O)O)c1. The first kappa shape index (κ1) is 14.2. The molecule has 7 heteroatoms. The Morgan fingerprint density at radius 3 is 2.44 bits per heavy atom. The molecule has 1 unspecified atom stereocenters. The molecule has 1 atom stereocenters. The summed E-state index contributed by atoms with van der Waals surface area (Å²) in [5.74, 6) is -2.13. The van der Waals surface area contributed by atoms with Gasteiger partial charge in [-0.25, -0.2) is 13.2 Å². The van der Waals surface area contributed by atoms with Crippen molar-refractivity contribution in [3.63, 3.8) is 0 Å². The highest BCUT2D eigenvalue weighted by molar-refractivity contribution is 7.92. The smallest absolute Gasteiger partial charge is 0.335 e. The summed E-state index contributed by atoms with van der Waals surface area (Å²) in [6, 6.07) is 4.82. The van der Waals surface area contributed by atoms with Gasteiger partial charge in [0.1, 0.15) is 0 Å². The van der Waals surface area contributed by atoms with Crippen LogP contribution in [0.15, 0.2) is 29.2 Å². The second kappa shape index (κ2) is 5.18. The molecule has 0 aliphatic heterocycles. The zero-order valence-corrected chi connectivity index (χ0v) is 10.6. The van der Waals surface area contributed by atoms with Crippen LogP contribution in [-0.4, -0.2) is 37.8 Å². The maximum atomic E-state index is 12.0. The number of methoxy groups -OCH3 is 1. The van der Waals surface area contributed by atoms with Crippen LogP contribution in [0.4, 0.5) is 0 Å². The van der Waals surface area contributed by atoms with Crippen molar-refractivity contribution < 1.29 is 27.9 Å². The van der Waals surface area contributed by atoms with Crippen molar-refractivity contribution in [1.82, 2.24) is 0 Å². The molecule has 0 amide bonds. The molecule has 1 N–H and O–H groups in total. The molecule has 1 rings (SSSR count). The Morgan fingerprint density at radius 2 is 1.94 bits per heavy atom. The molecule has 0 saturated carbocycles. The van der Waals surface area contributed by atoms with E-state index in [1.54, 1.807) is 0 Å². The maximum Gasteiger partial charge on any atom is 0.335 e. The summed E-state index contributed by atoms with van der Waals surface area (Å²) < 4.78 is 28.4. The molecular weight excluding hydrogens is 260 g/mol. The number of esters is 1. The molecule has 1 aromatic rings. The summed E-state index contributed by atoms with van der Waals surface area (Å²) >= 11 is 0. The lowest BCUT2D eigenvalue weighted by molar-refractivity contribution is -0.139. The summed E-state index contributed by atoms with van der Waals surface area (Å²) in [6.07, 6.45) is 0. The van der Waals surface area contributed by atoms with E-state index in [1.165, 1.54) is 25.1 Å². The fraction of sp³-hybridized carbons (Fsp3) is 0.273. The molecule has 0 spiro atoms. The van der Waals surface area contributed by atoms with Gasteiger partial charge in [0.15, 0.2) is 15.1 Å². The average Bonchev–Trinajstić information content (AvgIpc) is 2.36. The Balaban J connectivity index is 3.25. The van der Waals surface area contributed by atoms with Gasteiger partial charge in [0.2, 0.25) is 0 Å². The number of hydrogen-bond donors (Lipinski definition) is 1. The largest absolute Gasteiger partial charge is 0.478 e. The van der Waals surface area contributed by atoms with Crippen molar-refractivity contribution in [1.29, 1.82) is 0 Å². The molecule has 6 nitrogen and oxygen atoms in total. The van der Waals surface area contributed by atoms with Gasteiger partial charge in [-0.1, -0.05) is 6.07 Å². The van der Waals surface area contributed by atoms with Crippen LogP contribution in [0, 0.1) is 0 Å². The van der Waals surface area contributed by atoms with Gasteiger partial charge in [-0.15, -0.1) is 0 Å². The zero-order valence-electron chi connectivity index (χ0n) is 9.78. The van der Waals surface area contributed by atoms with Crippen molar-refractivity contribution in [3.8, 4) is 0 Å². The molecule has 18 heavy (non-hydrogen) atoms. The van der Waals surface area contributed by atoms with Crippen LogP contribution in [-0.2, 0) is 19.4 Å². The fourth-order valence-electron chi connectivity index (χ4n) is 1.30. The summed E-state index contributed by atoms with van der Waals surface area (Å²) in [4.78, 5) is 21.8. The first-order valence-corrected chi connectivity index (χ1v) is 6.50. The summed E-state index contributed by atoms with van der Waals surface area (Å²) in [5.41, 5.74) is -0.159. The van der Waals surface area contributed by atoms with Crippen LogP contribution < -0.4 is 0 Å². The highest BCUT2D eigenvalue weighted by Crippen LogP contribution is 2.18. The van der Waals surface area contributed by atoms with E-state index in [4.69, 9.17) is 5.11 Å². The number of carboxylic acid groups (broad SMARTS) is 1. The monoisotopic (exact) mass is 272 g/mol. The van der Waals surface area contributed by atoms with Gasteiger partial charge in [0.05, 0.1) is 17.6 Å². The topological polar surface area (TPSA) is 97.7 Å². The molecule has 0 heterocycles. The number of carbonyl (C=O) groups excluding carboxylic acids is 1. The van der Waals surface area contributed by atoms with Crippen molar-refractivity contribution in [2.24, 2.45) is 0 Å². The van der Waals surface area contributed by atoms with Gasteiger partial charge < -0.3 is 9.84 Å². The molecular formula is C11H12O6S. The van der Waals surface area contributed by atoms with E-state index in [1.807, 2.05) is 0 Å². The first-order chi connectivity index (χ1) is 8.30. The number of sulfone groups is 1. The summed E-state index contributed by atoms with van der Waals surface area (Å²) in [5, 5.41) is 7.40. The van der Waals surface area contributed by atoms with E-state index in [0.717, 1.165) is 13.2 Å². The lowest BCUT2D eigenvalue weighted by Gasteiger charge is -2.11. The van der Waals surface area contributed by atoms with E-state index >= 15 is 0 Å². The van der Waals surface area contributed by atoms with Crippen molar-refractivity contribution in [2.75, 3.05) is 7.11 Å². The minimum absolute atomic E-state index is 0.159. The number of hydrogen-bond acceptors (Lipinski definition) is 5. The van der Waals surface area contributed by atoms with E-state index in [2.05, 4.69) is 4.74 Å². The van der Waals surface area contributed by atoms with Crippen molar-refractivity contribution in [2.45, 2.75) is 17.1 Å². The highest BCUT2D eigenvalue weighted by Gasteiger charge is 2.30.